The highest BCUT2D eigenvalue weighted by Crippen LogP contribution is 2.17. The van der Waals surface area contributed by atoms with Crippen molar-refractivity contribution in [3.05, 3.63) is 47.3 Å². The number of aryl methyl sites for hydroxylation is 1. The van der Waals surface area contributed by atoms with Crippen LogP contribution in [0.15, 0.2) is 34.9 Å². The highest BCUT2D eigenvalue weighted by molar-refractivity contribution is 5.73. The number of hydrogen-bond acceptors (Lipinski definition) is 4. The summed E-state index contributed by atoms with van der Waals surface area (Å²) in [5.74, 6) is 1.61. The summed E-state index contributed by atoms with van der Waals surface area (Å²) in [5, 5.41) is 9.49. The van der Waals surface area contributed by atoms with Gasteiger partial charge in [-0.2, -0.15) is 0 Å². The molecule has 0 aliphatic heterocycles. The minimum absolute atomic E-state index is 0.185. The number of nitrogens with zero attached hydrogens (tertiary/aromatic N) is 1. The van der Waals surface area contributed by atoms with E-state index in [1.807, 2.05) is 37.3 Å². The molecule has 1 aromatic heterocycles. The van der Waals surface area contributed by atoms with Gasteiger partial charge >= 0.3 is 6.03 Å². The van der Waals surface area contributed by atoms with Crippen molar-refractivity contribution >= 4 is 6.03 Å². The number of rotatable bonds is 7. The number of nitrogens with one attached hydrogen (secondary N) is 2. The van der Waals surface area contributed by atoms with Gasteiger partial charge in [0.15, 0.2) is 0 Å². The second-order valence-corrected chi connectivity index (χ2v) is 4.92. The van der Waals surface area contributed by atoms with Crippen LogP contribution in [0.4, 0.5) is 4.79 Å². The van der Waals surface area contributed by atoms with Crippen LogP contribution >= 0.6 is 0 Å². The lowest BCUT2D eigenvalue weighted by Gasteiger charge is -2.09. The third-order valence-corrected chi connectivity index (χ3v) is 3.22. The zero-order chi connectivity index (χ0) is 15.8. The molecule has 2 amide bonds. The number of carbonyl (C=O) groups is 1. The summed E-state index contributed by atoms with van der Waals surface area (Å²) < 4.78 is 10.2. The first-order valence-electron chi connectivity index (χ1n) is 7.25. The summed E-state index contributed by atoms with van der Waals surface area (Å²) in [4.78, 5) is 11.7. The molecule has 118 valence electrons. The van der Waals surface area contributed by atoms with Crippen molar-refractivity contribution in [1.82, 2.24) is 15.8 Å². The first kappa shape index (κ1) is 15.9. The first-order valence-corrected chi connectivity index (χ1v) is 7.25. The summed E-state index contributed by atoms with van der Waals surface area (Å²) in [7, 11) is 1.64. The Balaban J connectivity index is 1.65. The first-order chi connectivity index (χ1) is 10.7. The molecule has 0 spiro atoms. The van der Waals surface area contributed by atoms with Crippen LogP contribution in [-0.2, 0) is 12.8 Å². The second-order valence-electron chi connectivity index (χ2n) is 4.92. The van der Waals surface area contributed by atoms with Crippen LogP contribution in [-0.4, -0.2) is 31.4 Å². The van der Waals surface area contributed by atoms with Crippen molar-refractivity contribution in [2.24, 2.45) is 0 Å². The molecule has 22 heavy (non-hydrogen) atoms. The maximum absolute atomic E-state index is 11.7. The van der Waals surface area contributed by atoms with E-state index in [2.05, 4.69) is 15.8 Å². The lowest BCUT2D eigenvalue weighted by molar-refractivity contribution is 0.241. The van der Waals surface area contributed by atoms with Crippen molar-refractivity contribution in [3.63, 3.8) is 0 Å². The number of ether oxygens (including phenoxy) is 1. The molecule has 0 aliphatic carbocycles. The largest absolute Gasteiger partial charge is 0.496 e. The number of amides is 2. The lowest BCUT2D eigenvalue weighted by atomic mass is 10.1. The Labute approximate surface area is 129 Å². The molecular formula is C16H21N3O3. The summed E-state index contributed by atoms with van der Waals surface area (Å²) in [6.45, 7) is 2.91. The Morgan fingerprint density at radius 3 is 2.64 bits per heavy atom. The summed E-state index contributed by atoms with van der Waals surface area (Å²) in [5.41, 5.74) is 1.91. The summed E-state index contributed by atoms with van der Waals surface area (Å²) >= 11 is 0. The van der Waals surface area contributed by atoms with Crippen LogP contribution < -0.4 is 15.4 Å². The minimum atomic E-state index is -0.185. The fourth-order valence-corrected chi connectivity index (χ4v) is 2.12. The number of urea groups is 1. The molecule has 0 atom stereocenters. The van der Waals surface area contributed by atoms with Gasteiger partial charge < -0.3 is 19.9 Å². The molecule has 0 saturated carbocycles. The second kappa shape index (κ2) is 8.07. The van der Waals surface area contributed by atoms with E-state index in [1.165, 1.54) is 0 Å². The molecule has 0 saturated heterocycles. The van der Waals surface area contributed by atoms with Gasteiger partial charge in [0.2, 0.25) is 0 Å². The van der Waals surface area contributed by atoms with E-state index in [0.717, 1.165) is 29.2 Å². The molecule has 2 rings (SSSR count). The third-order valence-electron chi connectivity index (χ3n) is 3.22. The van der Waals surface area contributed by atoms with Crippen molar-refractivity contribution < 1.29 is 14.1 Å². The molecule has 0 bridgehead atoms. The minimum Gasteiger partial charge on any atom is -0.496 e. The molecule has 2 N–H and O–H groups in total. The monoisotopic (exact) mass is 303 g/mol. The van der Waals surface area contributed by atoms with Gasteiger partial charge in [0.05, 0.1) is 12.8 Å². The molecule has 0 radical (unpaired) electrons. The van der Waals surface area contributed by atoms with Crippen LogP contribution in [0.5, 0.6) is 5.75 Å². The molecular weight excluding hydrogens is 282 g/mol. The number of methoxy groups -OCH3 is 1. The molecule has 0 unspecified atom stereocenters. The third kappa shape index (κ3) is 4.80. The van der Waals surface area contributed by atoms with Gasteiger partial charge in [-0.25, -0.2) is 4.79 Å². The molecule has 2 aromatic rings. The van der Waals surface area contributed by atoms with Crippen molar-refractivity contribution in [2.75, 3.05) is 20.2 Å². The zero-order valence-electron chi connectivity index (χ0n) is 12.9. The van der Waals surface area contributed by atoms with Gasteiger partial charge in [0.1, 0.15) is 11.5 Å². The van der Waals surface area contributed by atoms with Crippen LogP contribution in [0.2, 0.25) is 0 Å². The van der Waals surface area contributed by atoms with Crippen LogP contribution in [0.3, 0.4) is 0 Å². The molecule has 6 heteroatoms. The van der Waals surface area contributed by atoms with Crippen LogP contribution in [0, 0.1) is 6.92 Å². The maximum Gasteiger partial charge on any atom is 0.314 e. The van der Waals surface area contributed by atoms with Gasteiger partial charge in [-0.3, -0.25) is 0 Å². The number of para-hydroxylation sites is 1. The molecule has 1 heterocycles. The van der Waals surface area contributed by atoms with Crippen molar-refractivity contribution in [3.8, 4) is 5.75 Å². The highest BCUT2D eigenvalue weighted by atomic mass is 16.5. The zero-order valence-corrected chi connectivity index (χ0v) is 12.9. The standard InChI is InChI=1S/C16H21N3O3/c1-12-11-14(19-22-12)8-10-18-16(20)17-9-7-13-5-3-4-6-15(13)21-2/h3-6,11H,7-10H2,1-2H3,(H2,17,18,20). The summed E-state index contributed by atoms with van der Waals surface area (Å²) in [6.07, 6.45) is 1.37. The SMILES string of the molecule is COc1ccccc1CCNC(=O)NCCc1cc(C)on1. The Bertz CT molecular complexity index is 610. The van der Waals surface area contributed by atoms with Crippen molar-refractivity contribution in [2.45, 2.75) is 19.8 Å². The fourth-order valence-electron chi connectivity index (χ4n) is 2.12. The van der Waals surface area contributed by atoms with Crippen LogP contribution in [0.25, 0.3) is 0 Å². The molecule has 6 nitrogen and oxygen atoms in total. The number of aromatic nitrogens is 1. The van der Waals surface area contributed by atoms with Gasteiger partial charge in [0.25, 0.3) is 0 Å². The molecule has 1 aromatic carbocycles. The van der Waals surface area contributed by atoms with E-state index < -0.39 is 0 Å². The quantitative estimate of drug-likeness (QED) is 0.821. The fraction of sp³-hybridized carbons (Fsp3) is 0.375. The predicted molar refractivity (Wildman–Crippen MR) is 83.0 cm³/mol. The Morgan fingerprint density at radius 2 is 1.95 bits per heavy atom. The van der Waals surface area contributed by atoms with Gasteiger partial charge in [0, 0.05) is 25.6 Å². The maximum atomic E-state index is 11.7. The topological polar surface area (TPSA) is 76.4 Å². The van der Waals surface area contributed by atoms with E-state index in [0.29, 0.717) is 19.5 Å². The van der Waals surface area contributed by atoms with E-state index in [-0.39, 0.29) is 6.03 Å². The van der Waals surface area contributed by atoms with E-state index in [4.69, 9.17) is 9.26 Å². The lowest BCUT2D eigenvalue weighted by Crippen LogP contribution is -2.37. The molecule has 0 fully saturated rings. The van der Waals surface area contributed by atoms with E-state index >= 15 is 0 Å². The van der Waals surface area contributed by atoms with Crippen LogP contribution in [0.1, 0.15) is 17.0 Å². The average Bonchev–Trinajstić information content (AvgIpc) is 2.93. The van der Waals surface area contributed by atoms with Gasteiger partial charge in [-0.05, 0) is 25.0 Å². The Morgan fingerprint density at radius 1 is 1.23 bits per heavy atom. The summed E-state index contributed by atoms with van der Waals surface area (Å²) in [6, 6.07) is 9.46. The number of benzene rings is 1. The number of carbonyl (C=O) groups excluding carboxylic acids is 1. The van der Waals surface area contributed by atoms with Gasteiger partial charge in [-0.15, -0.1) is 0 Å². The van der Waals surface area contributed by atoms with E-state index in [9.17, 15) is 4.79 Å². The van der Waals surface area contributed by atoms with Crippen molar-refractivity contribution in [1.29, 1.82) is 0 Å². The Kier molecular flexibility index (Phi) is 5.82. The number of hydrogen-bond donors (Lipinski definition) is 2. The smallest absolute Gasteiger partial charge is 0.314 e. The predicted octanol–water partition coefficient (Wildman–Crippen LogP) is 2.08. The molecule has 0 aliphatic rings. The average molecular weight is 303 g/mol. The van der Waals surface area contributed by atoms with E-state index in [1.54, 1.807) is 7.11 Å². The normalized spacial score (nSPS) is 10.3. The van der Waals surface area contributed by atoms with Gasteiger partial charge in [-0.1, -0.05) is 23.4 Å². The Hall–Kier alpha value is -2.50. The highest BCUT2D eigenvalue weighted by Gasteiger charge is 2.04.